The van der Waals surface area contributed by atoms with Crippen molar-refractivity contribution in [1.82, 2.24) is 15.0 Å². The van der Waals surface area contributed by atoms with Crippen molar-refractivity contribution in [2.45, 2.75) is 51.5 Å². The fraction of sp³-hybridized carbons (Fsp3) is 0.529. The third kappa shape index (κ3) is 3.54. The maximum Gasteiger partial charge on any atom is 0.244 e. The molecule has 1 aromatic carbocycles. The Morgan fingerprint density at radius 3 is 2.54 bits per heavy atom. The zero-order valence-corrected chi connectivity index (χ0v) is 14.7. The molecular weight excluding hydrogens is 351 g/mol. The standard InChI is InChI=1S/C17H20F3N3O3/c1-9-21-15(26-22-9)13-5-4-6-23(13)16(24)17(2,3)25-14-11(19)7-10(18)8-12(14)20/h7-8,13,16,24H,4-6H2,1-3H3/t13-,16?/m0/s1. The van der Waals surface area contributed by atoms with Crippen LogP contribution in [-0.2, 0) is 0 Å². The lowest BCUT2D eigenvalue weighted by molar-refractivity contribution is -0.127. The number of aromatic nitrogens is 2. The minimum absolute atomic E-state index is 0.322. The largest absolute Gasteiger partial charge is 0.478 e. The number of halogens is 3. The fourth-order valence-electron chi connectivity index (χ4n) is 3.14. The van der Waals surface area contributed by atoms with E-state index >= 15 is 0 Å². The van der Waals surface area contributed by atoms with E-state index in [0.29, 0.717) is 36.8 Å². The molecule has 0 bridgehead atoms. The van der Waals surface area contributed by atoms with E-state index in [4.69, 9.17) is 9.26 Å². The van der Waals surface area contributed by atoms with Crippen molar-refractivity contribution in [2.24, 2.45) is 0 Å². The van der Waals surface area contributed by atoms with Crippen LogP contribution in [0.2, 0.25) is 0 Å². The predicted molar refractivity (Wildman–Crippen MR) is 84.7 cm³/mol. The number of aryl methyl sites for hydroxylation is 1. The van der Waals surface area contributed by atoms with Gasteiger partial charge in [0.1, 0.15) is 17.6 Å². The van der Waals surface area contributed by atoms with Gasteiger partial charge in [0, 0.05) is 18.7 Å². The topological polar surface area (TPSA) is 71.6 Å². The van der Waals surface area contributed by atoms with Crippen LogP contribution < -0.4 is 4.74 Å². The van der Waals surface area contributed by atoms with Crippen molar-refractivity contribution in [3.05, 3.63) is 41.3 Å². The van der Waals surface area contributed by atoms with Crippen LogP contribution in [0.15, 0.2) is 16.7 Å². The van der Waals surface area contributed by atoms with Crippen molar-refractivity contribution in [2.75, 3.05) is 6.54 Å². The van der Waals surface area contributed by atoms with Crippen molar-refractivity contribution in [3.8, 4) is 5.75 Å². The van der Waals surface area contributed by atoms with Gasteiger partial charge in [0.15, 0.2) is 23.2 Å². The molecule has 2 aromatic rings. The maximum absolute atomic E-state index is 13.9. The molecule has 2 atom stereocenters. The lowest BCUT2D eigenvalue weighted by atomic mass is 10.0. The number of benzene rings is 1. The van der Waals surface area contributed by atoms with Crippen LogP contribution in [0.5, 0.6) is 5.75 Å². The van der Waals surface area contributed by atoms with Gasteiger partial charge in [-0.1, -0.05) is 5.16 Å². The first-order valence-electron chi connectivity index (χ1n) is 8.26. The van der Waals surface area contributed by atoms with E-state index < -0.39 is 35.0 Å². The van der Waals surface area contributed by atoms with Gasteiger partial charge in [0.25, 0.3) is 0 Å². The van der Waals surface area contributed by atoms with Crippen LogP contribution in [0, 0.1) is 24.4 Å². The maximum atomic E-state index is 13.9. The van der Waals surface area contributed by atoms with E-state index in [9.17, 15) is 18.3 Å². The normalized spacial score (nSPS) is 19.7. The van der Waals surface area contributed by atoms with Crippen molar-refractivity contribution < 1.29 is 27.5 Å². The van der Waals surface area contributed by atoms with Gasteiger partial charge in [-0.25, -0.2) is 13.2 Å². The Morgan fingerprint density at radius 2 is 1.96 bits per heavy atom. The molecule has 0 aliphatic carbocycles. The van der Waals surface area contributed by atoms with Gasteiger partial charge >= 0.3 is 0 Å². The average molecular weight is 371 g/mol. The zero-order valence-electron chi connectivity index (χ0n) is 14.7. The summed E-state index contributed by atoms with van der Waals surface area (Å²) in [6.45, 7) is 5.20. The first kappa shape index (κ1) is 18.7. The number of nitrogens with zero attached hydrogens (tertiary/aromatic N) is 3. The van der Waals surface area contributed by atoms with Crippen molar-refractivity contribution in [3.63, 3.8) is 0 Å². The summed E-state index contributed by atoms with van der Waals surface area (Å²) in [4.78, 5) is 5.88. The van der Waals surface area contributed by atoms with E-state index in [0.717, 1.165) is 6.42 Å². The van der Waals surface area contributed by atoms with Crippen LogP contribution in [0.25, 0.3) is 0 Å². The lowest BCUT2D eigenvalue weighted by Crippen LogP contribution is -2.52. The van der Waals surface area contributed by atoms with Crippen molar-refractivity contribution in [1.29, 1.82) is 0 Å². The van der Waals surface area contributed by atoms with Crippen LogP contribution in [0.3, 0.4) is 0 Å². The minimum atomic E-state index is -1.39. The summed E-state index contributed by atoms with van der Waals surface area (Å²) < 4.78 is 51.5. The third-order valence-corrected chi connectivity index (χ3v) is 4.39. The summed E-state index contributed by atoms with van der Waals surface area (Å²) >= 11 is 0. The second kappa shape index (κ2) is 6.88. The summed E-state index contributed by atoms with van der Waals surface area (Å²) in [5, 5.41) is 14.6. The number of aliphatic hydroxyl groups is 1. The Hall–Kier alpha value is -2.13. The highest BCUT2D eigenvalue weighted by Gasteiger charge is 2.43. The first-order chi connectivity index (χ1) is 12.2. The molecule has 1 unspecified atom stereocenters. The molecule has 0 saturated carbocycles. The number of hydrogen-bond acceptors (Lipinski definition) is 6. The molecular formula is C17H20F3N3O3. The molecule has 26 heavy (non-hydrogen) atoms. The number of hydrogen-bond donors (Lipinski definition) is 1. The monoisotopic (exact) mass is 371 g/mol. The van der Waals surface area contributed by atoms with E-state index in [1.54, 1.807) is 11.8 Å². The minimum Gasteiger partial charge on any atom is -0.478 e. The molecule has 1 N–H and O–H groups in total. The summed E-state index contributed by atoms with van der Waals surface area (Å²) in [6, 6.07) is 0.735. The molecule has 142 valence electrons. The predicted octanol–water partition coefficient (Wildman–Crippen LogP) is 3.11. The summed E-state index contributed by atoms with van der Waals surface area (Å²) in [5.74, 6) is -3.28. The lowest BCUT2D eigenvalue weighted by Gasteiger charge is -2.38. The third-order valence-electron chi connectivity index (χ3n) is 4.39. The summed E-state index contributed by atoms with van der Waals surface area (Å²) in [6.07, 6.45) is 0.248. The van der Waals surface area contributed by atoms with Gasteiger partial charge in [0.2, 0.25) is 5.89 Å². The molecule has 0 spiro atoms. The molecule has 1 saturated heterocycles. The zero-order chi connectivity index (χ0) is 19.1. The van der Waals surface area contributed by atoms with Crippen molar-refractivity contribution >= 4 is 0 Å². The smallest absolute Gasteiger partial charge is 0.244 e. The van der Waals surface area contributed by atoms with E-state index in [1.165, 1.54) is 13.8 Å². The molecule has 0 amide bonds. The molecule has 3 rings (SSSR count). The molecule has 1 aliphatic rings. The highest BCUT2D eigenvalue weighted by molar-refractivity contribution is 5.28. The highest BCUT2D eigenvalue weighted by atomic mass is 19.1. The van der Waals surface area contributed by atoms with Gasteiger partial charge in [0.05, 0.1) is 6.04 Å². The second-order valence-electron chi connectivity index (χ2n) is 6.85. The summed E-state index contributed by atoms with van der Waals surface area (Å²) in [5.41, 5.74) is -1.39. The Morgan fingerprint density at radius 1 is 1.31 bits per heavy atom. The van der Waals surface area contributed by atoms with Gasteiger partial charge in [-0.15, -0.1) is 0 Å². The Bertz CT molecular complexity index is 774. The van der Waals surface area contributed by atoms with Crippen LogP contribution in [0.1, 0.15) is 44.4 Å². The van der Waals surface area contributed by atoms with Gasteiger partial charge < -0.3 is 14.4 Å². The average Bonchev–Trinajstić information content (AvgIpc) is 3.18. The molecule has 1 fully saturated rings. The van der Waals surface area contributed by atoms with Crippen LogP contribution >= 0.6 is 0 Å². The van der Waals surface area contributed by atoms with Crippen LogP contribution in [0.4, 0.5) is 13.2 Å². The summed E-state index contributed by atoms with van der Waals surface area (Å²) in [7, 11) is 0. The number of rotatable bonds is 5. The SMILES string of the molecule is Cc1noc([C@@H]2CCCN2C(O)C(C)(C)Oc2c(F)cc(F)cc2F)n1. The molecule has 2 heterocycles. The number of likely N-dealkylation sites (tertiary alicyclic amines) is 1. The molecule has 1 aromatic heterocycles. The number of ether oxygens (including phenoxy) is 1. The Kier molecular flexibility index (Phi) is 4.94. The first-order valence-corrected chi connectivity index (χ1v) is 8.26. The van der Waals surface area contributed by atoms with Crippen LogP contribution in [-0.4, -0.2) is 38.5 Å². The molecule has 6 nitrogen and oxygen atoms in total. The Labute approximate surface area is 148 Å². The second-order valence-corrected chi connectivity index (χ2v) is 6.85. The molecule has 0 radical (unpaired) electrons. The van der Waals surface area contributed by atoms with Gasteiger partial charge in [-0.3, -0.25) is 4.90 Å². The van der Waals surface area contributed by atoms with E-state index in [1.807, 2.05) is 0 Å². The molecule has 1 aliphatic heterocycles. The fourth-order valence-corrected chi connectivity index (χ4v) is 3.14. The van der Waals surface area contributed by atoms with Gasteiger partial charge in [-0.05, 0) is 33.6 Å². The van der Waals surface area contributed by atoms with E-state index in [-0.39, 0.29) is 6.04 Å². The number of aliphatic hydroxyl groups excluding tert-OH is 1. The molecule has 9 heteroatoms. The Balaban J connectivity index is 1.82. The van der Waals surface area contributed by atoms with Gasteiger partial charge in [-0.2, -0.15) is 4.98 Å². The highest BCUT2D eigenvalue weighted by Crippen LogP contribution is 2.36. The quantitative estimate of drug-likeness (QED) is 0.871. The van der Waals surface area contributed by atoms with E-state index in [2.05, 4.69) is 10.1 Å².